The second kappa shape index (κ2) is 6.94. The maximum atomic E-state index is 12.2. The zero-order valence-corrected chi connectivity index (χ0v) is 14.4. The molecule has 1 heterocycles. The second-order valence-electron chi connectivity index (χ2n) is 5.77. The van der Waals surface area contributed by atoms with Crippen molar-refractivity contribution in [3.8, 4) is 0 Å². The molecule has 0 saturated heterocycles. The first-order valence-electron chi connectivity index (χ1n) is 8.08. The molecule has 0 aliphatic rings. The predicted molar refractivity (Wildman–Crippen MR) is 106 cm³/mol. The minimum absolute atomic E-state index is 0.149. The second-order valence-corrected chi connectivity index (χ2v) is 6.13. The van der Waals surface area contributed by atoms with Gasteiger partial charge in [0, 0.05) is 11.8 Å². The number of benzene rings is 3. The minimum Gasteiger partial charge on any atom is -0.267 e. The summed E-state index contributed by atoms with van der Waals surface area (Å²) in [4.78, 5) is 16.1. The van der Waals surface area contributed by atoms with Crippen LogP contribution in [0.3, 0.4) is 0 Å². The highest BCUT2D eigenvalue weighted by Crippen LogP contribution is 2.27. The zero-order valence-electron chi connectivity index (χ0n) is 13.7. The van der Waals surface area contributed by atoms with Crippen LogP contribution in [-0.2, 0) is 0 Å². The van der Waals surface area contributed by atoms with E-state index in [1.165, 1.54) is 6.20 Å². The molecule has 0 spiro atoms. The molecular weight excluding hydrogens is 346 g/mol. The van der Waals surface area contributed by atoms with Gasteiger partial charge in [0.2, 0.25) is 0 Å². The Hall–Kier alpha value is -3.24. The number of fused-ring (bicyclic) bond motifs is 2. The molecule has 1 aromatic heterocycles. The predicted octanol–water partition coefficient (Wildman–Crippen LogP) is 4.81. The van der Waals surface area contributed by atoms with Gasteiger partial charge in [-0.2, -0.15) is 5.10 Å². The van der Waals surface area contributed by atoms with Crippen LogP contribution < -0.4 is 5.43 Å². The highest BCUT2D eigenvalue weighted by molar-refractivity contribution is 6.32. The third-order valence-corrected chi connectivity index (χ3v) is 4.48. The Morgan fingerprint density at radius 3 is 2.27 bits per heavy atom. The molecule has 4 nitrogen and oxygen atoms in total. The van der Waals surface area contributed by atoms with Crippen LogP contribution in [-0.4, -0.2) is 17.1 Å². The largest absolute Gasteiger partial charge is 0.274 e. The number of carbonyl (C=O) groups excluding carboxylic acids is 1. The third-order valence-electron chi connectivity index (χ3n) is 4.18. The van der Waals surface area contributed by atoms with E-state index in [1.807, 2.05) is 36.4 Å². The molecule has 0 atom stereocenters. The van der Waals surface area contributed by atoms with Gasteiger partial charge in [0.05, 0.1) is 11.8 Å². The Morgan fingerprint density at radius 2 is 1.62 bits per heavy atom. The highest BCUT2D eigenvalue weighted by Gasteiger charge is 2.10. The van der Waals surface area contributed by atoms with E-state index in [4.69, 9.17) is 11.6 Å². The van der Waals surface area contributed by atoms with Gasteiger partial charge in [-0.25, -0.2) is 10.4 Å². The normalized spacial score (nSPS) is 11.3. The smallest absolute Gasteiger partial charge is 0.267 e. The fourth-order valence-electron chi connectivity index (χ4n) is 2.96. The number of pyridine rings is 1. The van der Waals surface area contributed by atoms with Gasteiger partial charge >= 0.3 is 0 Å². The minimum atomic E-state index is -0.399. The lowest BCUT2D eigenvalue weighted by Crippen LogP contribution is -2.18. The lowest BCUT2D eigenvalue weighted by atomic mass is 9.97. The van der Waals surface area contributed by atoms with Gasteiger partial charge in [0.25, 0.3) is 5.91 Å². The van der Waals surface area contributed by atoms with Gasteiger partial charge in [-0.1, -0.05) is 60.1 Å². The van der Waals surface area contributed by atoms with E-state index in [0.717, 1.165) is 27.1 Å². The number of carbonyl (C=O) groups is 1. The van der Waals surface area contributed by atoms with Gasteiger partial charge in [0.15, 0.2) is 0 Å². The summed E-state index contributed by atoms with van der Waals surface area (Å²) in [6.07, 6.45) is 3.21. The van der Waals surface area contributed by atoms with Crippen molar-refractivity contribution in [3.63, 3.8) is 0 Å². The number of rotatable bonds is 3. The Kier molecular flexibility index (Phi) is 4.33. The number of nitrogens with one attached hydrogen (secondary N) is 1. The molecule has 26 heavy (non-hydrogen) atoms. The van der Waals surface area contributed by atoms with E-state index in [0.29, 0.717) is 0 Å². The fraction of sp³-hybridized carbons (Fsp3) is 0. The standard InChI is InChI=1S/C21H14ClN3O/c22-20-18(10-5-11-23-20)21(26)25-24-13-19-16-8-3-1-6-14(16)12-15-7-2-4-9-17(15)19/h1-13H,(H,25,26)/b24-13+. The van der Waals surface area contributed by atoms with Crippen LogP contribution in [0.1, 0.15) is 15.9 Å². The third kappa shape index (κ3) is 3.03. The molecule has 0 radical (unpaired) electrons. The summed E-state index contributed by atoms with van der Waals surface area (Å²) in [5.74, 6) is -0.399. The van der Waals surface area contributed by atoms with Crippen molar-refractivity contribution in [3.05, 3.63) is 89.2 Å². The van der Waals surface area contributed by atoms with E-state index >= 15 is 0 Å². The Morgan fingerprint density at radius 1 is 0.962 bits per heavy atom. The average Bonchev–Trinajstić information content (AvgIpc) is 2.67. The summed E-state index contributed by atoms with van der Waals surface area (Å²) in [6, 6.07) is 21.6. The van der Waals surface area contributed by atoms with Crippen molar-refractivity contribution >= 4 is 45.3 Å². The number of nitrogens with zero attached hydrogens (tertiary/aromatic N) is 2. The summed E-state index contributed by atoms with van der Waals surface area (Å²) >= 11 is 5.95. The molecule has 0 aliphatic carbocycles. The first-order valence-corrected chi connectivity index (χ1v) is 8.46. The maximum absolute atomic E-state index is 12.2. The van der Waals surface area contributed by atoms with E-state index < -0.39 is 5.91 Å². The zero-order chi connectivity index (χ0) is 17.9. The number of halogens is 1. The molecule has 3 aromatic carbocycles. The van der Waals surface area contributed by atoms with Crippen LogP contribution in [0.25, 0.3) is 21.5 Å². The van der Waals surface area contributed by atoms with Crippen LogP contribution >= 0.6 is 11.6 Å². The van der Waals surface area contributed by atoms with Crippen molar-refractivity contribution in [2.24, 2.45) is 5.10 Å². The Balaban J connectivity index is 1.73. The van der Waals surface area contributed by atoms with Crippen LogP contribution in [0.15, 0.2) is 78.0 Å². The van der Waals surface area contributed by atoms with Crippen molar-refractivity contribution in [2.45, 2.75) is 0 Å². The van der Waals surface area contributed by atoms with E-state index in [9.17, 15) is 4.79 Å². The van der Waals surface area contributed by atoms with Crippen molar-refractivity contribution in [2.75, 3.05) is 0 Å². The number of aromatic nitrogens is 1. The van der Waals surface area contributed by atoms with Gasteiger partial charge in [0.1, 0.15) is 5.15 Å². The van der Waals surface area contributed by atoms with Crippen LogP contribution in [0, 0.1) is 0 Å². The molecule has 0 fully saturated rings. The molecule has 0 unspecified atom stereocenters. The first-order chi connectivity index (χ1) is 12.7. The number of amides is 1. The Labute approximate surface area is 155 Å². The molecular formula is C21H14ClN3O. The van der Waals surface area contributed by atoms with Gasteiger partial charge in [-0.15, -0.1) is 0 Å². The quantitative estimate of drug-likeness (QED) is 0.247. The summed E-state index contributed by atoms with van der Waals surface area (Å²) in [6.45, 7) is 0. The molecule has 1 amide bonds. The lowest BCUT2D eigenvalue weighted by molar-refractivity contribution is 0.0955. The fourth-order valence-corrected chi connectivity index (χ4v) is 3.16. The number of hydrogen-bond acceptors (Lipinski definition) is 3. The van der Waals surface area contributed by atoms with Gasteiger partial charge < -0.3 is 0 Å². The molecule has 0 aliphatic heterocycles. The average molecular weight is 360 g/mol. The van der Waals surface area contributed by atoms with Crippen molar-refractivity contribution < 1.29 is 4.79 Å². The van der Waals surface area contributed by atoms with Gasteiger partial charge in [-0.3, -0.25) is 4.79 Å². The molecule has 0 bridgehead atoms. The van der Waals surface area contributed by atoms with E-state index in [1.54, 1.807) is 18.3 Å². The summed E-state index contributed by atoms with van der Waals surface area (Å²) < 4.78 is 0. The summed E-state index contributed by atoms with van der Waals surface area (Å²) in [7, 11) is 0. The molecule has 0 saturated carbocycles. The molecule has 126 valence electrons. The SMILES string of the molecule is O=C(N/N=C/c1c2ccccc2cc2ccccc12)c1cccnc1Cl. The summed E-state index contributed by atoms with van der Waals surface area (Å²) in [5, 5.41) is 8.68. The molecule has 5 heteroatoms. The summed E-state index contributed by atoms with van der Waals surface area (Å²) in [5.41, 5.74) is 3.76. The van der Waals surface area contributed by atoms with Crippen LogP contribution in [0.4, 0.5) is 0 Å². The van der Waals surface area contributed by atoms with E-state index in [-0.39, 0.29) is 10.7 Å². The highest BCUT2D eigenvalue weighted by atomic mass is 35.5. The maximum Gasteiger partial charge on any atom is 0.274 e. The van der Waals surface area contributed by atoms with Crippen LogP contribution in [0.5, 0.6) is 0 Å². The molecule has 1 N–H and O–H groups in total. The number of hydrogen-bond donors (Lipinski definition) is 1. The Bertz CT molecular complexity index is 1100. The van der Waals surface area contributed by atoms with Crippen LogP contribution in [0.2, 0.25) is 5.15 Å². The number of hydrazone groups is 1. The van der Waals surface area contributed by atoms with E-state index in [2.05, 4.69) is 33.7 Å². The van der Waals surface area contributed by atoms with Crippen molar-refractivity contribution in [1.29, 1.82) is 0 Å². The van der Waals surface area contributed by atoms with Crippen molar-refractivity contribution in [1.82, 2.24) is 10.4 Å². The monoisotopic (exact) mass is 359 g/mol. The first kappa shape index (κ1) is 16.2. The lowest BCUT2D eigenvalue weighted by Gasteiger charge is -2.08. The molecule has 4 rings (SSSR count). The molecule has 4 aromatic rings. The van der Waals surface area contributed by atoms with Gasteiger partial charge in [-0.05, 0) is 39.7 Å². The topological polar surface area (TPSA) is 54.4 Å².